The highest BCUT2D eigenvalue weighted by atomic mass is 15.0. The minimum absolute atomic E-state index is 0.636. The number of rotatable bonds is 6. The lowest BCUT2D eigenvalue weighted by atomic mass is 9.97. The number of fused-ring (bicyclic) bond motifs is 3. The van der Waals surface area contributed by atoms with Gasteiger partial charge < -0.3 is 0 Å². The van der Waals surface area contributed by atoms with Crippen LogP contribution in [0.4, 0.5) is 0 Å². The fourth-order valence-electron chi connectivity index (χ4n) is 7.53. The highest BCUT2D eigenvalue weighted by Gasteiger charge is 2.15. The summed E-state index contributed by atoms with van der Waals surface area (Å²) in [6, 6.07) is 70.7. The average Bonchev–Trinajstić information content (AvgIpc) is 3.26. The average molecular weight is 688 g/mol. The van der Waals surface area contributed by atoms with Gasteiger partial charge in [0.15, 0.2) is 17.5 Å². The minimum Gasteiger partial charge on any atom is -0.208 e. The largest absolute Gasteiger partial charge is 0.208 e. The summed E-state index contributed by atoms with van der Waals surface area (Å²) < 4.78 is 0. The van der Waals surface area contributed by atoms with E-state index in [4.69, 9.17) is 15.0 Å². The number of aromatic nitrogens is 3. The number of hydrogen-bond acceptors (Lipinski definition) is 3. The molecule has 10 rings (SSSR count). The molecule has 1 heterocycles. The summed E-state index contributed by atoms with van der Waals surface area (Å²) in [4.78, 5) is 15.4. The molecule has 252 valence electrons. The van der Waals surface area contributed by atoms with E-state index in [-0.39, 0.29) is 0 Å². The van der Waals surface area contributed by atoms with Crippen molar-refractivity contribution in [1.29, 1.82) is 0 Å². The molecule has 0 saturated heterocycles. The molecule has 0 unspecified atom stereocenters. The van der Waals surface area contributed by atoms with Gasteiger partial charge in [0.2, 0.25) is 0 Å². The van der Waals surface area contributed by atoms with Crippen LogP contribution in [0.1, 0.15) is 0 Å². The fraction of sp³-hybridized carbons (Fsp3) is 0. The number of hydrogen-bond donors (Lipinski definition) is 0. The molecule has 3 nitrogen and oxygen atoms in total. The van der Waals surface area contributed by atoms with Crippen LogP contribution >= 0.6 is 0 Å². The van der Waals surface area contributed by atoms with Crippen LogP contribution in [-0.2, 0) is 0 Å². The molecule has 0 bridgehead atoms. The van der Waals surface area contributed by atoms with Gasteiger partial charge in [0.05, 0.1) is 0 Å². The molecule has 10 aromatic rings. The highest BCUT2D eigenvalue weighted by Crippen LogP contribution is 2.35. The van der Waals surface area contributed by atoms with Gasteiger partial charge in [-0.25, -0.2) is 15.0 Å². The normalized spacial score (nSPS) is 11.3. The molecule has 0 amide bonds. The molecule has 3 heteroatoms. The van der Waals surface area contributed by atoms with E-state index >= 15 is 0 Å². The summed E-state index contributed by atoms with van der Waals surface area (Å²) in [5.41, 5.74) is 9.97. The summed E-state index contributed by atoms with van der Waals surface area (Å²) in [7, 11) is 0. The van der Waals surface area contributed by atoms with Crippen molar-refractivity contribution in [3.8, 4) is 67.5 Å². The molecular formula is C51H33N3. The van der Waals surface area contributed by atoms with Gasteiger partial charge in [-0.15, -0.1) is 0 Å². The second-order valence-electron chi connectivity index (χ2n) is 13.7. The molecule has 1 aromatic heterocycles. The zero-order valence-electron chi connectivity index (χ0n) is 29.4. The summed E-state index contributed by atoms with van der Waals surface area (Å²) in [6.45, 7) is 0. The first-order chi connectivity index (χ1) is 26.7. The standard InChI is InChI=1S/C51H33N3/c1-3-11-34(12-4-1)39-25-26-41-32-43(28-27-40(41)31-39)50-52-49(38-23-21-37(22-24-38)47-19-9-16-36-15-7-8-18-45(36)47)53-51(54-50)44-29-30-48-42(33-44)17-10-20-46(48)35-13-5-2-6-14-35/h1-33H. The molecule has 0 spiro atoms. The monoisotopic (exact) mass is 687 g/mol. The highest BCUT2D eigenvalue weighted by molar-refractivity contribution is 5.99. The molecule has 0 aliphatic carbocycles. The lowest BCUT2D eigenvalue weighted by Gasteiger charge is -2.12. The maximum atomic E-state index is 5.14. The van der Waals surface area contributed by atoms with Gasteiger partial charge in [0, 0.05) is 16.7 Å². The Hall–Kier alpha value is -7.23. The SMILES string of the molecule is c1ccc(-c2ccc3cc(-c4nc(-c5ccc(-c6cccc7ccccc67)cc5)nc(-c5ccc6c(-c7ccccc7)cccc6c5)n4)ccc3c2)cc1. The van der Waals surface area contributed by atoms with Crippen LogP contribution in [-0.4, -0.2) is 15.0 Å². The Morgan fingerprint density at radius 2 is 0.648 bits per heavy atom. The second-order valence-corrected chi connectivity index (χ2v) is 13.7. The molecule has 0 saturated carbocycles. The van der Waals surface area contributed by atoms with E-state index in [1.54, 1.807) is 0 Å². The predicted molar refractivity (Wildman–Crippen MR) is 225 cm³/mol. The molecule has 0 aliphatic heterocycles. The third-order valence-electron chi connectivity index (χ3n) is 10.3. The van der Waals surface area contributed by atoms with E-state index in [1.807, 2.05) is 6.07 Å². The Labute approximate surface area is 313 Å². The predicted octanol–water partition coefficient (Wildman–Crippen LogP) is 13.3. The van der Waals surface area contributed by atoms with Gasteiger partial charge in [-0.3, -0.25) is 0 Å². The van der Waals surface area contributed by atoms with Crippen LogP contribution in [0.15, 0.2) is 200 Å². The van der Waals surface area contributed by atoms with Crippen molar-refractivity contribution in [2.24, 2.45) is 0 Å². The second kappa shape index (κ2) is 13.4. The van der Waals surface area contributed by atoms with Gasteiger partial charge in [-0.05, 0) is 83.9 Å². The maximum absolute atomic E-state index is 5.14. The Kier molecular flexibility index (Phi) is 7.81. The third-order valence-corrected chi connectivity index (χ3v) is 10.3. The summed E-state index contributed by atoms with van der Waals surface area (Å²) in [5.74, 6) is 1.91. The van der Waals surface area contributed by atoms with E-state index in [1.165, 1.54) is 49.4 Å². The molecule has 0 radical (unpaired) electrons. The summed E-state index contributed by atoms with van der Waals surface area (Å²) in [6.07, 6.45) is 0. The Morgan fingerprint density at radius 1 is 0.222 bits per heavy atom. The van der Waals surface area contributed by atoms with Crippen LogP contribution < -0.4 is 0 Å². The van der Waals surface area contributed by atoms with Gasteiger partial charge in [-0.2, -0.15) is 0 Å². The molecule has 0 aliphatic rings. The van der Waals surface area contributed by atoms with Gasteiger partial charge >= 0.3 is 0 Å². The lowest BCUT2D eigenvalue weighted by Crippen LogP contribution is -2.00. The zero-order valence-corrected chi connectivity index (χ0v) is 29.4. The van der Waals surface area contributed by atoms with Crippen LogP contribution in [0, 0.1) is 0 Å². The summed E-state index contributed by atoms with van der Waals surface area (Å²) >= 11 is 0. The Morgan fingerprint density at radius 3 is 1.33 bits per heavy atom. The lowest BCUT2D eigenvalue weighted by molar-refractivity contribution is 1.08. The van der Waals surface area contributed by atoms with Gasteiger partial charge in [-0.1, -0.05) is 182 Å². The quantitative estimate of drug-likeness (QED) is 0.175. The molecule has 54 heavy (non-hydrogen) atoms. The fourth-order valence-corrected chi connectivity index (χ4v) is 7.53. The molecule has 9 aromatic carbocycles. The minimum atomic E-state index is 0.636. The van der Waals surface area contributed by atoms with Crippen LogP contribution in [0.25, 0.3) is 99.9 Å². The van der Waals surface area contributed by atoms with E-state index < -0.39 is 0 Å². The first-order valence-electron chi connectivity index (χ1n) is 18.3. The summed E-state index contributed by atoms with van der Waals surface area (Å²) in [5, 5.41) is 7.09. The van der Waals surface area contributed by atoms with E-state index in [9.17, 15) is 0 Å². The van der Waals surface area contributed by atoms with Crippen LogP contribution in [0.5, 0.6) is 0 Å². The van der Waals surface area contributed by atoms with Crippen LogP contribution in [0.3, 0.4) is 0 Å². The maximum Gasteiger partial charge on any atom is 0.164 e. The topological polar surface area (TPSA) is 38.7 Å². The Balaban J connectivity index is 1.09. The van der Waals surface area contributed by atoms with Crippen molar-refractivity contribution in [3.05, 3.63) is 200 Å². The van der Waals surface area contributed by atoms with Crippen molar-refractivity contribution in [2.75, 3.05) is 0 Å². The zero-order chi connectivity index (χ0) is 35.8. The van der Waals surface area contributed by atoms with Crippen molar-refractivity contribution < 1.29 is 0 Å². The van der Waals surface area contributed by atoms with E-state index in [0.717, 1.165) is 33.0 Å². The van der Waals surface area contributed by atoms with Crippen LogP contribution in [0.2, 0.25) is 0 Å². The van der Waals surface area contributed by atoms with E-state index in [2.05, 4.69) is 194 Å². The van der Waals surface area contributed by atoms with Crippen molar-refractivity contribution >= 4 is 32.3 Å². The first-order valence-corrected chi connectivity index (χ1v) is 18.3. The first kappa shape index (κ1) is 31.5. The third kappa shape index (κ3) is 5.88. The van der Waals surface area contributed by atoms with E-state index in [0.29, 0.717) is 17.5 Å². The molecule has 0 atom stereocenters. The Bertz CT molecular complexity index is 2970. The van der Waals surface area contributed by atoms with Gasteiger partial charge in [0.25, 0.3) is 0 Å². The smallest absolute Gasteiger partial charge is 0.164 e. The van der Waals surface area contributed by atoms with Crippen molar-refractivity contribution in [2.45, 2.75) is 0 Å². The molecular weight excluding hydrogens is 655 g/mol. The van der Waals surface area contributed by atoms with Gasteiger partial charge in [0.1, 0.15) is 0 Å². The molecule has 0 N–H and O–H groups in total. The number of nitrogens with zero attached hydrogens (tertiary/aromatic N) is 3. The van der Waals surface area contributed by atoms with Crippen molar-refractivity contribution in [1.82, 2.24) is 15.0 Å². The molecule has 0 fully saturated rings. The number of benzene rings is 9. The van der Waals surface area contributed by atoms with Crippen molar-refractivity contribution in [3.63, 3.8) is 0 Å².